The summed E-state index contributed by atoms with van der Waals surface area (Å²) in [7, 11) is 1.64. The highest BCUT2D eigenvalue weighted by Crippen LogP contribution is 2.30. The van der Waals surface area contributed by atoms with Crippen LogP contribution in [0.2, 0.25) is 0 Å². The predicted octanol–water partition coefficient (Wildman–Crippen LogP) is 3.85. The molecule has 112 valence electrons. The van der Waals surface area contributed by atoms with Gasteiger partial charge in [0, 0.05) is 30.0 Å². The molecule has 1 N–H and O–H groups in total. The molecule has 0 fully saturated rings. The van der Waals surface area contributed by atoms with Crippen LogP contribution >= 0.6 is 11.8 Å². The summed E-state index contributed by atoms with van der Waals surface area (Å²) < 4.78 is 31.8. The lowest BCUT2D eigenvalue weighted by molar-refractivity contribution is 0.199. The van der Waals surface area contributed by atoms with E-state index in [4.69, 9.17) is 4.74 Å². The van der Waals surface area contributed by atoms with Crippen molar-refractivity contribution in [2.24, 2.45) is 0 Å². The van der Waals surface area contributed by atoms with Crippen LogP contribution in [0.4, 0.5) is 8.78 Å². The van der Waals surface area contributed by atoms with E-state index in [1.807, 2.05) is 6.07 Å². The van der Waals surface area contributed by atoms with Crippen LogP contribution in [0.15, 0.2) is 52.3 Å². The monoisotopic (exact) mass is 309 g/mol. The summed E-state index contributed by atoms with van der Waals surface area (Å²) in [6.45, 7) is 1.95. The molecule has 0 radical (unpaired) electrons. The molecule has 0 aliphatic rings. The second kappa shape index (κ2) is 8.12. The van der Waals surface area contributed by atoms with Crippen molar-refractivity contribution >= 4 is 11.8 Å². The maximum atomic E-state index is 14.0. The van der Waals surface area contributed by atoms with Crippen LogP contribution in [0.25, 0.3) is 0 Å². The number of hydrogen-bond donors (Lipinski definition) is 1. The fourth-order valence-electron chi connectivity index (χ4n) is 1.77. The molecule has 0 unspecified atom stereocenters. The third-order valence-corrected chi connectivity index (χ3v) is 3.91. The minimum Gasteiger partial charge on any atom is -0.383 e. The fraction of sp³-hybridized carbons (Fsp3) is 0.250. The Kier molecular flexibility index (Phi) is 6.17. The van der Waals surface area contributed by atoms with Crippen LogP contribution in [0, 0.1) is 11.6 Å². The van der Waals surface area contributed by atoms with Crippen molar-refractivity contribution in [3.05, 3.63) is 59.7 Å². The van der Waals surface area contributed by atoms with Crippen LogP contribution in [0.5, 0.6) is 0 Å². The molecule has 2 rings (SSSR count). The topological polar surface area (TPSA) is 21.3 Å². The smallest absolute Gasteiger partial charge is 0.137 e. The Hall–Kier alpha value is -1.43. The summed E-state index contributed by atoms with van der Waals surface area (Å²) in [5, 5.41) is 3.17. The number of rotatable bonds is 7. The van der Waals surface area contributed by atoms with Gasteiger partial charge in [0.25, 0.3) is 0 Å². The van der Waals surface area contributed by atoms with Crippen molar-refractivity contribution in [1.82, 2.24) is 5.32 Å². The largest absolute Gasteiger partial charge is 0.383 e. The Labute approximate surface area is 127 Å². The Balaban J connectivity index is 1.97. The number of methoxy groups -OCH3 is 1. The van der Waals surface area contributed by atoms with Gasteiger partial charge in [0.05, 0.1) is 6.61 Å². The van der Waals surface area contributed by atoms with Gasteiger partial charge in [0.2, 0.25) is 0 Å². The van der Waals surface area contributed by atoms with Gasteiger partial charge in [-0.1, -0.05) is 17.8 Å². The summed E-state index contributed by atoms with van der Waals surface area (Å²) >= 11 is 1.28. The zero-order valence-electron chi connectivity index (χ0n) is 11.7. The zero-order valence-corrected chi connectivity index (χ0v) is 12.6. The summed E-state index contributed by atoms with van der Waals surface area (Å²) in [6.07, 6.45) is 0. The molecule has 2 aromatic rings. The second-order valence-corrected chi connectivity index (χ2v) is 5.61. The number of halogens is 2. The third-order valence-electron chi connectivity index (χ3n) is 2.85. The quantitative estimate of drug-likeness (QED) is 0.785. The molecular formula is C16H17F2NOS. The third kappa shape index (κ3) is 5.12. The molecule has 0 bridgehead atoms. The molecule has 0 atom stereocenters. The lowest BCUT2D eigenvalue weighted by atomic mass is 10.2. The highest BCUT2D eigenvalue weighted by Gasteiger charge is 2.06. The normalized spacial score (nSPS) is 10.8. The van der Waals surface area contributed by atoms with Crippen molar-refractivity contribution in [3.63, 3.8) is 0 Å². The number of ether oxygens (including phenoxy) is 1. The van der Waals surface area contributed by atoms with Crippen molar-refractivity contribution < 1.29 is 13.5 Å². The molecule has 0 saturated carbocycles. The Morgan fingerprint density at radius 3 is 2.52 bits per heavy atom. The zero-order chi connectivity index (χ0) is 15.1. The number of benzene rings is 2. The fourth-order valence-corrected chi connectivity index (χ4v) is 2.59. The maximum absolute atomic E-state index is 14.0. The van der Waals surface area contributed by atoms with E-state index in [9.17, 15) is 8.78 Å². The van der Waals surface area contributed by atoms with Crippen molar-refractivity contribution in [2.75, 3.05) is 20.3 Å². The van der Waals surface area contributed by atoms with Gasteiger partial charge in [-0.25, -0.2) is 8.78 Å². The van der Waals surface area contributed by atoms with Crippen molar-refractivity contribution in [3.8, 4) is 0 Å². The molecule has 0 spiro atoms. The average Bonchev–Trinajstić information content (AvgIpc) is 2.48. The molecule has 0 amide bonds. The lowest BCUT2D eigenvalue weighted by Crippen LogP contribution is -2.18. The lowest BCUT2D eigenvalue weighted by Gasteiger charge is -2.07. The van der Waals surface area contributed by atoms with Crippen LogP contribution in [-0.2, 0) is 11.3 Å². The van der Waals surface area contributed by atoms with Gasteiger partial charge in [-0.2, -0.15) is 0 Å². The average molecular weight is 309 g/mol. The first-order chi connectivity index (χ1) is 10.2. The van der Waals surface area contributed by atoms with E-state index in [1.54, 1.807) is 25.3 Å². The SMILES string of the molecule is COCCNCc1ccc(Sc2ccc(F)cc2)c(F)c1. The predicted molar refractivity (Wildman–Crippen MR) is 80.5 cm³/mol. The van der Waals surface area contributed by atoms with Gasteiger partial charge in [-0.3, -0.25) is 0 Å². The van der Waals surface area contributed by atoms with E-state index >= 15 is 0 Å². The molecule has 0 aliphatic carbocycles. The van der Waals surface area contributed by atoms with Gasteiger partial charge < -0.3 is 10.1 Å². The van der Waals surface area contributed by atoms with E-state index in [1.165, 1.54) is 30.0 Å². The summed E-state index contributed by atoms with van der Waals surface area (Å²) in [6, 6.07) is 11.2. The van der Waals surface area contributed by atoms with Gasteiger partial charge >= 0.3 is 0 Å². The van der Waals surface area contributed by atoms with Crippen LogP contribution in [0.3, 0.4) is 0 Å². The molecule has 0 saturated heterocycles. The van der Waals surface area contributed by atoms with Gasteiger partial charge in [0.15, 0.2) is 0 Å². The molecule has 5 heteroatoms. The Morgan fingerprint density at radius 2 is 1.86 bits per heavy atom. The molecular weight excluding hydrogens is 292 g/mol. The highest BCUT2D eigenvalue weighted by atomic mass is 32.2. The highest BCUT2D eigenvalue weighted by molar-refractivity contribution is 7.99. The number of hydrogen-bond acceptors (Lipinski definition) is 3. The Bertz CT molecular complexity index is 575. The molecule has 2 aromatic carbocycles. The van der Waals surface area contributed by atoms with E-state index in [-0.39, 0.29) is 11.6 Å². The molecule has 0 aliphatic heterocycles. The van der Waals surface area contributed by atoms with Gasteiger partial charge in [-0.05, 0) is 42.0 Å². The molecule has 21 heavy (non-hydrogen) atoms. The minimum absolute atomic E-state index is 0.268. The van der Waals surface area contributed by atoms with E-state index in [0.29, 0.717) is 18.0 Å². The van der Waals surface area contributed by atoms with E-state index in [0.717, 1.165) is 17.0 Å². The summed E-state index contributed by atoms with van der Waals surface area (Å²) in [5.41, 5.74) is 0.882. The second-order valence-electron chi connectivity index (χ2n) is 4.49. The van der Waals surface area contributed by atoms with E-state index < -0.39 is 0 Å². The summed E-state index contributed by atoms with van der Waals surface area (Å²) in [4.78, 5) is 1.34. The first kappa shape index (κ1) is 15.9. The van der Waals surface area contributed by atoms with Crippen LogP contribution in [-0.4, -0.2) is 20.3 Å². The molecule has 0 heterocycles. The van der Waals surface area contributed by atoms with Crippen molar-refractivity contribution in [1.29, 1.82) is 0 Å². The van der Waals surface area contributed by atoms with Crippen LogP contribution in [0.1, 0.15) is 5.56 Å². The summed E-state index contributed by atoms with van der Waals surface area (Å²) in [5.74, 6) is -0.562. The van der Waals surface area contributed by atoms with E-state index in [2.05, 4.69) is 5.32 Å². The van der Waals surface area contributed by atoms with Gasteiger partial charge in [-0.15, -0.1) is 0 Å². The first-order valence-corrected chi connectivity index (χ1v) is 7.42. The first-order valence-electron chi connectivity index (χ1n) is 6.60. The maximum Gasteiger partial charge on any atom is 0.137 e. The number of nitrogens with one attached hydrogen (secondary N) is 1. The molecule has 0 aromatic heterocycles. The standard InChI is InChI=1S/C16H17F2NOS/c1-20-9-8-19-11-12-2-7-16(15(18)10-12)21-14-5-3-13(17)4-6-14/h2-7,10,19H,8-9,11H2,1H3. The van der Waals surface area contributed by atoms with Crippen LogP contribution < -0.4 is 5.32 Å². The minimum atomic E-state index is -0.294. The molecule has 2 nitrogen and oxygen atoms in total. The van der Waals surface area contributed by atoms with Crippen molar-refractivity contribution in [2.45, 2.75) is 16.3 Å². The Morgan fingerprint density at radius 1 is 1.10 bits per heavy atom. The van der Waals surface area contributed by atoms with Gasteiger partial charge in [0.1, 0.15) is 11.6 Å².